The number of nitrogens with two attached hydrogens (primary N) is 1. The first-order valence-electron chi connectivity index (χ1n) is 6.39. The minimum atomic E-state index is 0.319. The van der Waals surface area contributed by atoms with Gasteiger partial charge in [0.2, 0.25) is 0 Å². The van der Waals surface area contributed by atoms with Crippen molar-refractivity contribution in [1.82, 2.24) is 0 Å². The lowest BCUT2D eigenvalue weighted by molar-refractivity contribution is 0.220. The number of hydrogen-bond acceptors (Lipinski definition) is 1. The van der Waals surface area contributed by atoms with Gasteiger partial charge in [-0.15, -0.1) is 0 Å². The van der Waals surface area contributed by atoms with Crippen LogP contribution in [0.15, 0.2) is 30.3 Å². The highest BCUT2D eigenvalue weighted by Gasteiger charge is 2.37. The van der Waals surface area contributed by atoms with E-state index in [-0.39, 0.29) is 0 Å². The molecule has 2 N–H and O–H groups in total. The van der Waals surface area contributed by atoms with Gasteiger partial charge in [-0.05, 0) is 36.2 Å². The Bertz CT molecular complexity index is 329. The summed E-state index contributed by atoms with van der Waals surface area (Å²) in [7, 11) is 0. The second kappa shape index (κ2) is 4.58. The van der Waals surface area contributed by atoms with Crippen molar-refractivity contribution in [3.63, 3.8) is 0 Å². The molecule has 88 valence electrons. The molecule has 1 aromatic rings. The van der Waals surface area contributed by atoms with E-state index in [4.69, 9.17) is 5.73 Å². The molecule has 1 heteroatoms. The van der Waals surface area contributed by atoms with Gasteiger partial charge in [-0.25, -0.2) is 0 Å². The van der Waals surface area contributed by atoms with Crippen LogP contribution in [0.1, 0.15) is 38.7 Å². The molecule has 16 heavy (non-hydrogen) atoms. The highest BCUT2D eigenvalue weighted by molar-refractivity contribution is 5.16. The van der Waals surface area contributed by atoms with E-state index in [0.29, 0.717) is 17.4 Å². The van der Waals surface area contributed by atoms with Crippen LogP contribution in [0.5, 0.6) is 0 Å². The van der Waals surface area contributed by atoms with E-state index in [2.05, 4.69) is 44.2 Å². The van der Waals surface area contributed by atoms with Crippen molar-refractivity contribution in [2.45, 2.75) is 45.6 Å². The first kappa shape index (κ1) is 11.7. The second-order valence-corrected chi connectivity index (χ2v) is 5.84. The molecule has 2 unspecified atom stereocenters. The molecule has 0 amide bonds. The van der Waals surface area contributed by atoms with Crippen molar-refractivity contribution < 1.29 is 0 Å². The molecule has 2 atom stereocenters. The lowest BCUT2D eigenvalue weighted by Gasteiger charge is -2.32. The first-order chi connectivity index (χ1) is 7.59. The van der Waals surface area contributed by atoms with Crippen LogP contribution < -0.4 is 5.73 Å². The van der Waals surface area contributed by atoms with Gasteiger partial charge in [-0.2, -0.15) is 0 Å². The molecule has 1 aromatic carbocycles. The maximum absolute atomic E-state index is 6.39. The van der Waals surface area contributed by atoms with Crippen LogP contribution in [0.3, 0.4) is 0 Å². The molecule has 1 fully saturated rings. The topological polar surface area (TPSA) is 26.0 Å². The average Bonchev–Trinajstić information content (AvgIpc) is 2.59. The Morgan fingerprint density at radius 1 is 1.31 bits per heavy atom. The summed E-state index contributed by atoms with van der Waals surface area (Å²) in [6, 6.07) is 10.9. The monoisotopic (exact) mass is 217 g/mol. The summed E-state index contributed by atoms with van der Waals surface area (Å²) in [4.78, 5) is 0. The molecule has 0 heterocycles. The minimum Gasteiger partial charge on any atom is -0.327 e. The summed E-state index contributed by atoms with van der Waals surface area (Å²) in [5.74, 6) is 0.688. The van der Waals surface area contributed by atoms with E-state index in [9.17, 15) is 0 Å². The number of rotatable bonds is 3. The van der Waals surface area contributed by atoms with E-state index in [1.165, 1.54) is 24.8 Å². The molecule has 1 nitrogen and oxygen atoms in total. The zero-order valence-electron chi connectivity index (χ0n) is 10.4. The van der Waals surface area contributed by atoms with Crippen LogP contribution in [0.25, 0.3) is 0 Å². The van der Waals surface area contributed by atoms with Crippen molar-refractivity contribution in [3.05, 3.63) is 35.9 Å². The van der Waals surface area contributed by atoms with Gasteiger partial charge in [0, 0.05) is 6.04 Å². The quantitative estimate of drug-likeness (QED) is 0.825. The number of benzene rings is 1. The van der Waals surface area contributed by atoms with Gasteiger partial charge in [0.05, 0.1) is 0 Å². The summed E-state index contributed by atoms with van der Waals surface area (Å²) >= 11 is 0. The molecule has 0 bridgehead atoms. The molecule has 0 aromatic heterocycles. The van der Waals surface area contributed by atoms with Crippen LogP contribution >= 0.6 is 0 Å². The highest BCUT2D eigenvalue weighted by atomic mass is 14.7. The molecule has 0 radical (unpaired) electrons. The van der Waals surface area contributed by atoms with E-state index < -0.39 is 0 Å². The van der Waals surface area contributed by atoms with Crippen LogP contribution in [-0.2, 0) is 6.42 Å². The fourth-order valence-corrected chi connectivity index (χ4v) is 3.18. The Balaban J connectivity index is 2.01. The van der Waals surface area contributed by atoms with Crippen molar-refractivity contribution in [1.29, 1.82) is 0 Å². The third kappa shape index (κ3) is 2.46. The fourth-order valence-electron chi connectivity index (χ4n) is 3.18. The van der Waals surface area contributed by atoms with Gasteiger partial charge < -0.3 is 5.73 Å². The normalized spacial score (nSPS) is 25.6. The molecular formula is C15H23N. The maximum Gasteiger partial charge on any atom is 0.0113 e. The second-order valence-electron chi connectivity index (χ2n) is 5.84. The van der Waals surface area contributed by atoms with E-state index in [1.54, 1.807) is 0 Å². The molecule has 0 spiro atoms. The smallest absolute Gasteiger partial charge is 0.0113 e. The van der Waals surface area contributed by atoms with Gasteiger partial charge in [-0.3, -0.25) is 0 Å². The Morgan fingerprint density at radius 3 is 2.56 bits per heavy atom. The molecule has 1 aliphatic rings. The van der Waals surface area contributed by atoms with Crippen LogP contribution in [0.4, 0.5) is 0 Å². The summed E-state index contributed by atoms with van der Waals surface area (Å²) in [5.41, 5.74) is 8.20. The molecule has 1 saturated carbocycles. The van der Waals surface area contributed by atoms with Crippen LogP contribution in [-0.4, -0.2) is 6.04 Å². The molecule has 1 aliphatic carbocycles. The van der Waals surface area contributed by atoms with Gasteiger partial charge in [-0.1, -0.05) is 50.6 Å². The third-order valence-corrected chi connectivity index (χ3v) is 4.17. The molecule has 0 saturated heterocycles. The molecule has 2 rings (SSSR count). The van der Waals surface area contributed by atoms with E-state index in [1.807, 2.05) is 0 Å². The van der Waals surface area contributed by atoms with E-state index in [0.717, 1.165) is 6.42 Å². The van der Waals surface area contributed by atoms with Crippen molar-refractivity contribution >= 4 is 0 Å². The van der Waals surface area contributed by atoms with E-state index >= 15 is 0 Å². The van der Waals surface area contributed by atoms with Gasteiger partial charge >= 0.3 is 0 Å². The molecule has 0 aliphatic heterocycles. The lowest BCUT2D eigenvalue weighted by atomic mass is 9.76. The summed E-state index contributed by atoms with van der Waals surface area (Å²) in [6.07, 6.45) is 5.01. The predicted octanol–water partition coefficient (Wildman–Crippen LogP) is 3.38. The Morgan fingerprint density at radius 2 is 2.00 bits per heavy atom. The fraction of sp³-hybridized carbons (Fsp3) is 0.600. The predicted molar refractivity (Wildman–Crippen MR) is 69.2 cm³/mol. The van der Waals surface area contributed by atoms with Gasteiger partial charge in [0.25, 0.3) is 0 Å². The third-order valence-electron chi connectivity index (χ3n) is 4.17. The lowest BCUT2D eigenvalue weighted by Crippen LogP contribution is -2.38. The summed E-state index contributed by atoms with van der Waals surface area (Å²) < 4.78 is 0. The van der Waals surface area contributed by atoms with Gasteiger partial charge in [0.1, 0.15) is 0 Å². The molecular weight excluding hydrogens is 194 g/mol. The zero-order chi connectivity index (χ0) is 11.6. The minimum absolute atomic E-state index is 0.319. The van der Waals surface area contributed by atoms with Crippen LogP contribution in [0, 0.1) is 11.3 Å². The first-order valence-corrected chi connectivity index (χ1v) is 6.39. The summed E-state index contributed by atoms with van der Waals surface area (Å²) in [6.45, 7) is 4.74. The largest absolute Gasteiger partial charge is 0.327 e. The Hall–Kier alpha value is -0.820. The summed E-state index contributed by atoms with van der Waals surface area (Å²) in [5, 5.41) is 0. The Kier molecular flexibility index (Phi) is 3.34. The average molecular weight is 217 g/mol. The number of hydrogen-bond donors (Lipinski definition) is 1. The van der Waals surface area contributed by atoms with Crippen molar-refractivity contribution in [2.24, 2.45) is 17.1 Å². The van der Waals surface area contributed by atoms with Crippen molar-refractivity contribution in [2.75, 3.05) is 0 Å². The standard InChI is InChI=1S/C15H23N/c1-15(2)10-6-9-13(15)14(16)11-12-7-4-3-5-8-12/h3-5,7-8,13-14H,6,9-11,16H2,1-2H3. The highest BCUT2D eigenvalue weighted by Crippen LogP contribution is 2.44. The van der Waals surface area contributed by atoms with Crippen molar-refractivity contribution in [3.8, 4) is 0 Å². The van der Waals surface area contributed by atoms with Gasteiger partial charge in [0.15, 0.2) is 0 Å². The van der Waals surface area contributed by atoms with Crippen LogP contribution in [0.2, 0.25) is 0 Å². The zero-order valence-corrected chi connectivity index (χ0v) is 10.4. The Labute approximate surface area is 99.0 Å². The maximum atomic E-state index is 6.39. The SMILES string of the molecule is CC1(C)CCCC1C(N)Cc1ccccc1.